The summed E-state index contributed by atoms with van der Waals surface area (Å²) in [5.74, 6) is 2.38. The quantitative estimate of drug-likeness (QED) is 0.627. The van der Waals surface area contributed by atoms with Crippen molar-refractivity contribution in [1.82, 2.24) is 9.55 Å². The van der Waals surface area contributed by atoms with Gasteiger partial charge in [-0.15, -0.1) is 0 Å². The molecule has 0 N–H and O–H groups in total. The highest BCUT2D eigenvalue weighted by molar-refractivity contribution is 5.82. The van der Waals surface area contributed by atoms with Crippen molar-refractivity contribution >= 4 is 11.0 Å². The van der Waals surface area contributed by atoms with Crippen LogP contribution in [0, 0.1) is 0 Å². The lowest BCUT2D eigenvalue weighted by molar-refractivity contribution is -0.0440. The molecule has 1 aliphatic carbocycles. The molecule has 2 heterocycles. The third kappa shape index (κ3) is 2.64. The fourth-order valence-electron chi connectivity index (χ4n) is 3.94. The first-order valence-corrected chi connectivity index (χ1v) is 9.72. The van der Waals surface area contributed by atoms with E-state index in [2.05, 4.69) is 22.8 Å². The second-order valence-corrected chi connectivity index (χ2v) is 7.72. The SMILES string of the molecule is CCOc1cc(-c2nc3ccccc3n2C2CCC2)cc2c1OC(C)(C)O2. The fourth-order valence-corrected chi connectivity index (χ4v) is 3.94. The van der Waals surface area contributed by atoms with Crippen LogP contribution in [0.2, 0.25) is 0 Å². The van der Waals surface area contributed by atoms with Crippen molar-refractivity contribution in [1.29, 1.82) is 0 Å². The van der Waals surface area contributed by atoms with Crippen molar-refractivity contribution in [2.24, 2.45) is 0 Å². The second kappa shape index (κ2) is 5.91. The van der Waals surface area contributed by atoms with Gasteiger partial charge < -0.3 is 18.8 Å². The number of nitrogens with zero attached hydrogens (tertiary/aromatic N) is 2. The Kier molecular flexibility index (Phi) is 3.61. The molecule has 1 saturated carbocycles. The molecule has 1 fully saturated rings. The van der Waals surface area contributed by atoms with Crippen molar-refractivity contribution in [2.75, 3.05) is 6.61 Å². The summed E-state index contributed by atoms with van der Waals surface area (Å²) < 4.78 is 20.2. The van der Waals surface area contributed by atoms with Gasteiger partial charge in [-0.05, 0) is 50.5 Å². The zero-order valence-electron chi connectivity index (χ0n) is 16.0. The topological polar surface area (TPSA) is 45.5 Å². The van der Waals surface area contributed by atoms with E-state index in [1.165, 1.54) is 24.8 Å². The van der Waals surface area contributed by atoms with E-state index in [0.717, 1.165) is 16.9 Å². The first-order chi connectivity index (χ1) is 13.1. The van der Waals surface area contributed by atoms with Crippen LogP contribution in [0.25, 0.3) is 22.4 Å². The fraction of sp³-hybridized carbons (Fsp3) is 0.409. The van der Waals surface area contributed by atoms with Crippen LogP contribution in [-0.2, 0) is 0 Å². The Labute approximate surface area is 158 Å². The van der Waals surface area contributed by atoms with Crippen LogP contribution in [0.5, 0.6) is 17.2 Å². The number of para-hydroxylation sites is 2. The summed E-state index contributed by atoms with van der Waals surface area (Å²) in [6, 6.07) is 12.9. The molecular weight excluding hydrogens is 340 g/mol. The maximum atomic E-state index is 6.02. The summed E-state index contributed by atoms with van der Waals surface area (Å²) in [6.07, 6.45) is 3.67. The molecule has 1 aromatic heterocycles. The van der Waals surface area contributed by atoms with Crippen LogP contribution in [0.3, 0.4) is 0 Å². The van der Waals surface area contributed by atoms with Crippen LogP contribution < -0.4 is 14.2 Å². The monoisotopic (exact) mass is 364 g/mol. The number of rotatable bonds is 4. The van der Waals surface area contributed by atoms with E-state index in [-0.39, 0.29) is 0 Å². The molecular formula is C22H24N2O3. The van der Waals surface area contributed by atoms with E-state index in [0.29, 0.717) is 29.9 Å². The molecule has 3 aromatic rings. The molecule has 5 heteroatoms. The molecule has 140 valence electrons. The summed E-state index contributed by atoms with van der Waals surface area (Å²) in [5, 5.41) is 0. The van der Waals surface area contributed by atoms with Gasteiger partial charge in [-0.3, -0.25) is 0 Å². The average molecular weight is 364 g/mol. The molecule has 5 rings (SSSR count). The molecule has 0 spiro atoms. The van der Waals surface area contributed by atoms with Crippen molar-refractivity contribution in [3.8, 4) is 28.6 Å². The third-order valence-electron chi connectivity index (χ3n) is 5.32. The number of hydrogen-bond acceptors (Lipinski definition) is 4. The van der Waals surface area contributed by atoms with E-state index >= 15 is 0 Å². The van der Waals surface area contributed by atoms with E-state index in [9.17, 15) is 0 Å². The van der Waals surface area contributed by atoms with E-state index in [1.54, 1.807) is 0 Å². The highest BCUT2D eigenvalue weighted by Crippen LogP contribution is 2.49. The lowest BCUT2D eigenvalue weighted by Crippen LogP contribution is -2.29. The number of fused-ring (bicyclic) bond motifs is 2. The maximum absolute atomic E-state index is 6.02. The van der Waals surface area contributed by atoms with Gasteiger partial charge in [-0.2, -0.15) is 0 Å². The third-order valence-corrected chi connectivity index (χ3v) is 5.32. The Balaban J connectivity index is 1.70. The summed E-state index contributed by atoms with van der Waals surface area (Å²) in [6.45, 7) is 6.36. The Morgan fingerprint density at radius 1 is 1.19 bits per heavy atom. The van der Waals surface area contributed by atoms with Gasteiger partial charge in [0.1, 0.15) is 5.82 Å². The number of imidazole rings is 1. The number of hydrogen-bond donors (Lipinski definition) is 0. The van der Waals surface area contributed by atoms with Crippen LogP contribution in [0.1, 0.15) is 46.1 Å². The van der Waals surface area contributed by atoms with E-state index < -0.39 is 5.79 Å². The number of ether oxygens (including phenoxy) is 3. The first-order valence-electron chi connectivity index (χ1n) is 9.72. The highest BCUT2D eigenvalue weighted by atomic mass is 16.7. The Morgan fingerprint density at radius 3 is 2.74 bits per heavy atom. The molecule has 2 aromatic carbocycles. The van der Waals surface area contributed by atoms with Gasteiger partial charge in [0, 0.05) is 25.5 Å². The van der Waals surface area contributed by atoms with Gasteiger partial charge in [0.25, 0.3) is 0 Å². The molecule has 0 amide bonds. The zero-order valence-corrected chi connectivity index (χ0v) is 16.0. The molecule has 27 heavy (non-hydrogen) atoms. The van der Waals surface area contributed by atoms with Crippen molar-refractivity contribution in [3.63, 3.8) is 0 Å². The molecule has 0 radical (unpaired) electrons. The van der Waals surface area contributed by atoms with E-state index in [4.69, 9.17) is 19.2 Å². The molecule has 1 aliphatic heterocycles. The Bertz CT molecular complexity index is 1020. The lowest BCUT2D eigenvalue weighted by atomic mass is 9.92. The van der Waals surface area contributed by atoms with Crippen molar-refractivity contribution < 1.29 is 14.2 Å². The number of benzene rings is 2. The lowest BCUT2D eigenvalue weighted by Gasteiger charge is -2.29. The predicted octanol–water partition coefficient (Wildman–Crippen LogP) is 5.33. The Hall–Kier alpha value is -2.69. The van der Waals surface area contributed by atoms with Gasteiger partial charge in [0.2, 0.25) is 11.5 Å². The normalized spacial score (nSPS) is 17.9. The second-order valence-electron chi connectivity index (χ2n) is 7.72. The van der Waals surface area contributed by atoms with Gasteiger partial charge in [-0.1, -0.05) is 12.1 Å². The molecule has 0 unspecified atom stereocenters. The average Bonchev–Trinajstić information content (AvgIpc) is 3.10. The summed E-state index contributed by atoms with van der Waals surface area (Å²) >= 11 is 0. The summed E-state index contributed by atoms with van der Waals surface area (Å²) in [4.78, 5) is 4.96. The number of aromatic nitrogens is 2. The minimum absolute atomic E-state index is 0.504. The van der Waals surface area contributed by atoms with Gasteiger partial charge in [0.15, 0.2) is 11.5 Å². The molecule has 2 aliphatic rings. The van der Waals surface area contributed by atoms with Gasteiger partial charge >= 0.3 is 0 Å². The minimum Gasteiger partial charge on any atom is -0.490 e. The predicted molar refractivity (Wildman–Crippen MR) is 105 cm³/mol. The summed E-state index contributed by atoms with van der Waals surface area (Å²) in [5.41, 5.74) is 3.21. The molecule has 5 nitrogen and oxygen atoms in total. The standard InChI is InChI=1S/C22H24N2O3/c1-4-25-18-12-14(13-19-20(18)27-22(2,3)26-19)21-23-16-10-5-6-11-17(16)24(21)15-8-7-9-15/h5-6,10-13,15H,4,7-9H2,1-3H3. The van der Waals surface area contributed by atoms with Crippen LogP contribution >= 0.6 is 0 Å². The highest BCUT2D eigenvalue weighted by Gasteiger charge is 2.35. The van der Waals surface area contributed by atoms with Crippen LogP contribution in [0.15, 0.2) is 36.4 Å². The first kappa shape index (κ1) is 16.5. The van der Waals surface area contributed by atoms with Crippen molar-refractivity contribution in [2.45, 2.75) is 51.9 Å². The van der Waals surface area contributed by atoms with Crippen LogP contribution in [0.4, 0.5) is 0 Å². The Morgan fingerprint density at radius 2 is 2.00 bits per heavy atom. The van der Waals surface area contributed by atoms with Gasteiger partial charge in [-0.25, -0.2) is 4.98 Å². The van der Waals surface area contributed by atoms with E-state index in [1.807, 2.05) is 39.0 Å². The van der Waals surface area contributed by atoms with Crippen LogP contribution in [-0.4, -0.2) is 21.9 Å². The maximum Gasteiger partial charge on any atom is 0.246 e. The van der Waals surface area contributed by atoms with Gasteiger partial charge in [0.05, 0.1) is 17.6 Å². The molecule has 0 bridgehead atoms. The molecule has 0 atom stereocenters. The largest absolute Gasteiger partial charge is 0.490 e. The smallest absolute Gasteiger partial charge is 0.246 e. The minimum atomic E-state index is -0.694. The zero-order chi connectivity index (χ0) is 18.6. The summed E-state index contributed by atoms with van der Waals surface area (Å²) in [7, 11) is 0. The molecule has 0 saturated heterocycles. The van der Waals surface area contributed by atoms with Crippen molar-refractivity contribution in [3.05, 3.63) is 36.4 Å².